The zero-order chi connectivity index (χ0) is 13.3. The van der Waals surface area contributed by atoms with E-state index >= 15 is 0 Å². The van der Waals surface area contributed by atoms with E-state index in [0.717, 1.165) is 12.1 Å². The number of hydrogen-bond acceptors (Lipinski definition) is 3. The Balaban J connectivity index is 2.31. The molecular weight excluding hydrogens is 232 g/mol. The van der Waals surface area contributed by atoms with Gasteiger partial charge in [-0.25, -0.2) is 0 Å². The number of carbonyl (C=O) groups excluding carboxylic acids is 1. The predicted molar refractivity (Wildman–Crippen MR) is 67.7 cm³/mol. The van der Waals surface area contributed by atoms with Gasteiger partial charge in [0.25, 0.3) is 11.5 Å². The van der Waals surface area contributed by atoms with Gasteiger partial charge in [0.1, 0.15) is 5.56 Å². The van der Waals surface area contributed by atoms with Crippen LogP contribution in [0.3, 0.4) is 0 Å². The maximum Gasteiger partial charge on any atom is 0.261 e. The molecule has 0 spiro atoms. The zero-order valence-corrected chi connectivity index (χ0v) is 10.7. The third-order valence-corrected chi connectivity index (χ3v) is 3.26. The van der Waals surface area contributed by atoms with Gasteiger partial charge in [-0.15, -0.1) is 0 Å². The summed E-state index contributed by atoms with van der Waals surface area (Å²) in [5.74, 6) is -0.285. The second-order valence-electron chi connectivity index (χ2n) is 4.89. The Morgan fingerprint density at radius 3 is 2.83 bits per heavy atom. The topological polar surface area (TPSA) is 73.4 Å². The highest BCUT2D eigenvalue weighted by molar-refractivity contribution is 5.95. The predicted octanol–water partition coefficient (Wildman–Crippen LogP) is 0.589. The molecule has 1 amide bonds. The molecule has 1 aliphatic heterocycles. The Kier molecular flexibility index (Phi) is 3.52. The molecule has 1 atom stereocenters. The second kappa shape index (κ2) is 4.94. The maximum absolute atomic E-state index is 12.3. The first-order chi connectivity index (χ1) is 8.49. The van der Waals surface area contributed by atoms with Crippen molar-refractivity contribution in [3.63, 3.8) is 0 Å². The van der Waals surface area contributed by atoms with Crippen LogP contribution >= 0.6 is 0 Å². The van der Waals surface area contributed by atoms with Gasteiger partial charge in [-0.2, -0.15) is 0 Å². The molecule has 98 valence electrons. The number of likely N-dealkylation sites (tertiary alicyclic amines) is 1. The summed E-state index contributed by atoms with van der Waals surface area (Å²) in [6, 6.07) is 1.79. The van der Waals surface area contributed by atoms with Gasteiger partial charge in [0.2, 0.25) is 0 Å². The number of carbonyl (C=O) groups is 1. The molecule has 2 heterocycles. The van der Waals surface area contributed by atoms with Gasteiger partial charge >= 0.3 is 0 Å². The number of piperidine rings is 1. The van der Waals surface area contributed by atoms with Gasteiger partial charge in [0.05, 0.1) is 6.10 Å². The lowest BCUT2D eigenvalue weighted by molar-refractivity contribution is 0.0471. The van der Waals surface area contributed by atoms with Crippen LogP contribution in [0.2, 0.25) is 0 Å². The molecule has 0 aromatic carbocycles. The van der Waals surface area contributed by atoms with E-state index in [4.69, 9.17) is 0 Å². The minimum absolute atomic E-state index is 0.190. The molecule has 0 saturated carbocycles. The first-order valence-electron chi connectivity index (χ1n) is 6.17. The Bertz CT molecular complexity index is 521. The summed E-state index contributed by atoms with van der Waals surface area (Å²) in [4.78, 5) is 28.4. The minimum Gasteiger partial charge on any atom is -0.391 e. The van der Waals surface area contributed by atoms with Gasteiger partial charge in [-0.1, -0.05) is 0 Å². The lowest BCUT2D eigenvalue weighted by Crippen LogP contribution is -2.44. The lowest BCUT2D eigenvalue weighted by atomic mass is 10.0. The standard InChI is InChI=1S/C13H18N2O3/c1-8-6-9(2)14-12(17)11(8)13(18)15-5-3-4-10(16)7-15/h6,10,16H,3-5,7H2,1-2H3,(H,14,17)/t10-/m0/s1. The van der Waals surface area contributed by atoms with Crippen LogP contribution in [0.5, 0.6) is 0 Å². The number of β-amino-alcohol motifs (C(OH)–C–C–N with tert-alkyl or cyclic N) is 1. The average molecular weight is 250 g/mol. The molecule has 2 N–H and O–H groups in total. The number of aliphatic hydroxyl groups excluding tert-OH is 1. The first kappa shape index (κ1) is 12.8. The summed E-state index contributed by atoms with van der Waals surface area (Å²) in [5, 5.41) is 9.58. The molecule has 1 fully saturated rings. The van der Waals surface area contributed by atoms with Gasteiger partial charge < -0.3 is 15.0 Å². The van der Waals surface area contributed by atoms with Crippen LogP contribution < -0.4 is 5.56 Å². The molecular formula is C13H18N2O3. The highest BCUT2D eigenvalue weighted by Gasteiger charge is 2.25. The SMILES string of the molecule is Cc1cc(C)c(C(=O)N2CCC[C@H](O)C2)c(=O)[nH]1. The fourth-order valence-electron chi connectivity index (χ4n) is 2.42. The summed E-state index contributed by atoms with van der Waals surface area (Å²) in [7, 11) is 0. The number of pyridine rings is 1. The molecule has 1 aliphatic rings. The fraction of sp³-hybridized carbons (Fsp3) is 0.538. The zero-order valence-electron chi connectivity index (χ0n) is 10.7. The highest BCUT2D eigenvalue weighted by Crippen LogP contribution is 2.14. The van der Waals surface area contributed by atoms with Crippen LogP contribution in [0.25, 0.3) is 0 Å². The summed E-state index contributed by atoms with van der Waals surface area (Å²) in [5.41, 5.74) is 1.27. The molecule has 5 nitrogen and oxygen atoms in total. The average Bonchev–Trinajstić information content (AvgIpc) is 2.27. The fourth-order valence-corrected chi connectivity index (χ4v) is 2.42. The number of nitrogens with one attached hydrogen (secondary N) is 1. The number of hydrogen-bond donors (Lipinski definition) is 2. The van der Waals surface area contributed by atoms with Crippen molar-refractivity contribution in [2.45, 2.75) is 32.8 Å². The molecule has 1 aromatic rings. The van der Waals surface area contributed by atoms with Crippen LogP contribution in [0.15, 0.2) is 10.9 Å². The second-order valence-corrected chi connectivity index (χ2v) is 4.89. The van der Waals surface area contributed by atoms with Crippen molar-refractivity contribution in [2.75, 3.05) is 13.1 Å². The Morgan fingerprint density at radius 2 is 2.22 bits per heavy atom. The monoisotopic (exact) mass is 250 g/mol. The summed E-state index contributed by atoms with van der Waals surface area (Å²) >= 11 is 0. The molecule has 1 saturated heterocycles. The van der Waals surface area contributed by atoms with Crippen LogP contribution in [-0.2, 0) is 0 Å². The summed E-state index contributed by atoms with van der Waals surface area (Å²) in [6.07, 6.45) is 1.01. The number of aromatic nitrogens is 1. The van der Waals surface area contributed by atoms with E-state index in [9.17, 15) is 14.7 Å². The van der Waals surface area contributed by atoms with Crippen molar-refractivity contribution < 1.29 is 9.90 Å². The number of aromatic amines is 1. The largest absolute Gasteiger partial charge is 0.391 e. The Labute approximate surface area is 105 Å². The van der Waals surface area contributed by atoms with Crippen molar-refractivity contribution in [3.05, 3.63) is 33.2 Å². The Hall–Kier alpha value is -1.62. The third kappa shape index (κ3) is 2.46. The molecule has 0 bridgehead atoms. The van der Waals surface area contributed by atoms with Crippen LogP contribution in [-0.4, -0.2) is 40.1 Å². The van der Waals surface area contributed by atoms with Gasteiger partial charge in [0.15, 0.2) is 0 Å². The number of aliphatic hydroxyl groups is 1. The molecule has 0 radical (unpaired) electrons. The van der Waals surface area contributed by atoms with E-state index in [2.05, 4.69) is 4.98 Å². The molecule has 0 unspecified atom stereocenters. The highest BCUT2D eigenvalue weighted by atomic mass is 16.3. The molecule has 18 heavy (non-hydrogen) atoms. The van der Waals surface area contributed by atoms with Crippen molar-refractivity contribution in [1.29, 1.82) is 0 Å². The van der Waals surface area contributed by atoms with Crippen LogP contribution in [0.4, 0.5) is 0 Å². The number of H-pyrrole nitrogens is 1. The quantitative estimate of drug-likeness (QED) is 0.766. The van der Waals surface area contributed by atoms with Crippen LogP contribution in [0, 0.1) is 13.8 Å². The minimum atomic E-state index is -0.479. The third-order valence-electron chi connectivity index (χ3n) is 3.26. The van der Waals surface area contributed by atoms with Crippen LogP contribution in [0.1, 0.15) is 34.5 Å². The molecule has 2 rings (SSSR count). The Morgan fingerprint density at radius 1 is 1.50 bits per heavy atom. The van der Waals surface area contributed by atoms with E-state index < -0.39 is 6.10 Å². The van der Waals surface area contributed by atoms with Gasteiger partial charge in [-0.3, -0.25) is 9.59 Å². The summed E-state index contributed by atoms with van der Waals surface area (Å²) < 4.78 is 0. The number of nitrogens with zero attached hydrogens (tertiary/aromatic N) is 1. The number of amides is 1. The smallest absolute Gasteiger partial charge is 0.261 e. The first-order valence-corrected chi connectivity index (χ1v) is 6.17. The normalized spacial score (nSPS) is 19.9. The lowest BCUT2D eigenvalue weighted by Gasteiger charge is -2.30. The van der Waals surface area contributed by atoms with E-state index in [1.165, 1.54) is 0 Å². The van der Waals surface area contributed by atoms with Crippen molar-refractivity contribution in [3.8, 4) is 0 Å². The van der Waals surface area contributed by atoms with Crippen molar-refractivity contribution >= 4 is 5.91 Å². The van der Waals surface area contributed by atoms with Crippen molar-refractivity contribution in [1.82, 2.24) is 9.88 Å². The molecule has 1 aromatic heterocycles. The van der Waals surface area contributed by atoms with Gasteiger partial charge in [0, 0.05) is 18.8 Å². The van der Waals surface area contributed by atoms with E-state index in [-0.39, 0.29) is 17.0 Å². The summed E-state index contributed by atoms with van der Waals surface area (Å²) in [6.45, 7) is 4.46. The number of rotatable bonds is 1. The molecule has 5 heteroatoms. The van der Waals surface area contributed by atoms with Gasteiger partial charge in [-0.05, 0) is 38.3 Å². The molecule has 0 aliphatic carbocycles. The van der Waals surface area contributed by atoms with E-state index in [0.29, 0.717) is 25.1 Å². The van der Waals surface area contributed by atoms with E-state index in [1.54, 1.807) is 24.8 Å². The van der Waals surface area contributed by atoms with E-state index in [1.807, 2.05) is 0 Å². The van der Waals surface area contributed by atoms with Crippen molar-refractivity contribution in [2.24, 2.45) is 0 Å². The maximum atomic E-state index is 12.3. The number of aryl methyl sites for hydroxylation is 2.